The zero-order chi connectivity index (χ0) is 11.7. The second-order valence-corrected chi connectivity index (χ2v) is 5.13. The lowest BCUT2D eigenvalue weighted by Gasteiger charge is -2.49. The summed E-state index contributed by atoms with van der Waals surface area (Å²) in [4.78, 5) is 9.14. The predicted octanol–water partition coefficient (Wildman–Crippen LogP) is -0.0488. The van der Waals surface area contributed by atoms with Gasteiger partial charge in [0.25, 0.3) is 0 Å². The maximum Gasteiger partial charge on any atom is 0.0378 e. The van der Waals surface area contributed by atoms with Gasteiger partial charge in [-0.05, 0) is 24.1 Å². The molecule has 0 amide bonds. The quantitative estimate of drug-likeness (QED) is 0.794. The molecule has 0 saturated carbocycles. The van der Waals surface area contributed by atoms with Gasteiger partial charge in [0.2, 0.25) is 0 Å². The highest BCUT2D eigenvalue weighted by atomic mass is 15.3. The summed E-state index contributed by atoms with van der Waals surface area (Å²) in [5, 5.41) is 0. The highest BCUT2D eigenvalue weighted by molar-refractivity contribution is 5.12. The van der Waals surface area contributed by atoms with E-state index >= 15 is 0 Å². The van der Waals surface area contributed by atoms with Crippen LogP contribution in [0.5, 0.6) is 0 Å². The van der Waals surface area contributed by atoms with Crippen molar-refractivity contribution >= 4 is 0 Å². The second kappa shape index (κ2) is 4.72. The molecule has 4 rings (SSSR count). The van der Waals surface area contributed by atoms with Crippen molar-refractivity contribution in [3.8, 4) is 0 Å². The summed E-state index contributed by atoms with van der Waals surface area (Å²) in [5.74, 6) is 0. The molecule has 0 spiro atoms. The van der Waals surface area contributed by atoms with Crippen LogP contribution in [0.15, 0.2) is 24.5 Å². The molecule has 1 aromatic heterocycles. The lowest BCUT2D eigenvalue weighted by atomic mass is 9.95. The third kappa shape index (κ3) is 2.34. The SMILES string of the molecule is NC(Cc1ccncc1)C1CN2CCN1CC2. The molecule has 2 atom stereocenters. The Labute approximate surface area is 102 Å². The van der Waals surface area contributed by atoms with Gasteiger partial charge in [0, 0.05) is 57.2 Å². The molecule has 92 valence electrons. The highest BCUT2D eigenvalue weighted by Gasteiger charge is 2.35. The number of hydrogen-bond acceptors (Lipinski definition) is 4. The minimum atomic E-state index is 0.237. The molecule has 3 aliphatic rings. The Morgan fingerprint density at radius 1 is 1.24 bits per heavy atom. The summed E-state index contributed by atoms with van der Waals surface area (Å²) in [6.45, 7) is 5.96. The van der Waals surface area contributed by atoms with Crippen molar-refractivity contribution in [3.63, 3.8) is 0 Å². The first-order chi connectivity index (χ1) is 8.33. The minimum absolute atomic E-state index is 0.237. The van der Waals surface area contributed by atoms with Gasteiger partial charge in [-0.15, -0.1) is 0 Å². The van der Waals surface area contributed by atoms with Gasteiger partial charge in [0.1, 0.15) is 0 Å². The van der Waals surface area contributed by atoms with Crippen LogP contribution in [-0.2, 0) is 6.42 Å². The lowest BCUT2D eigenvalue weighted by molar-refractivity contribution is 0.00258. The molecule has 4 nitrogen and oxygen atoms in total. The van der Waals surface area contributed by atoms with Gasteiger partial charge in [0.15, 0.2) is 0 Å². The Morgan fingerprint density at radius 3 is 2.53 bits per heavy atom. The van der Waals surface area contributed by atoms with Crippen LogP contribution in [-0.4, -0.2) is 59.6 Å². The molecule has 0 aromatic carbocycles. The van der Waals surface area contributed by atoms with E-state index in [4.69, 9.17) is 5.73 Å². The number of nitrogens with two attached hydrogens (primary N) is 1. The number of rotatable bonds is 3. The Bertz CT molecular complexity index is 359. The van der Waals surface area contributed by atoms with Crippen molar-refractivity contribution in [2.45, 2.75) is 18.5 Å². The summed E-state index contributed by atoms with van der Waals surface area (Å²) in [7, 11) is 0. The molecular formula is C13H20N4. The monoisotopic (exact) mass is 232 g/mol. The zero-order valence-corrected chi connectivity index (χ0v) is 10.1. The predicted molar refractivity (Wildman–Crippen MR) is 67.7 cm³/mol. The first-order valence-electron chi connectivity index (χ1n) is 6.44. The Balaban J connectivity index is 1.64. The number of hydrogen-bond donors (Lipinski definition) is 1. The van der Waals surface area contributed by atoms with E-state index in [1.54, 1.807) is 0 Å². The molecule has 3 fully saturated rings. The smallest absolute Gasteiger partial charge is 0.0378 e. The zero-order valence-electron chi connectivity index (χ0n) is 10.1. The van der Waals surface area contributed by atoms with Gasteiger partial charge < -0.3 is 5.73 Å². The number of aromatic nitrogens is 1. The van der Waals surface area contributed by atoms with Crippen LogP contribution in [0.2, 0.25) is 0 Å². The standard InChI is InChI=1S/C13H20N4/c14-12(9-11-1-3-15-4-2-11)13-10-16-5-7-17(13)8-6-16/h1-4,12-13H,5-10,14H2. The largest absolute Gasteiger partial charge is 0.326 e. The van der Waals surface area contributed by atoms with Crippen LogP contribution < -0.4 is 5.73 Å². The lowest BCUT2D eigenvalue weighted by Crippen LogP contribution is -2.66. The minimum Gasteiger partial charge on any atom is -0.326 e. The van der Waals surface area contributed by atoms with Crippen molar-refractivity contribution in [2.24, 2.45) is 5.73 Å². The molecule has 4 heterocycles. The van der Waals surface area contributed by atoms with E-state index in [1.807, 2.05) is 12.4 Å². The summed E-state index contributed by atoms with van der Waals surface area (Å²) >= 11 is 0. The molecule has 3 aliphatic heterocycles. The molecular weight excluding hydrogens is 212 g/mol. The van der Waals surface area contributed by atoms with Gasteiger partial charge in [-0.25, -0.2) is 0 Å². The fourth-order valence-corrected chi connectivity index (χ4v) is 2.99. The average Bonchev–Trinajstić information content (AvgIpc) is 2.41. The molecule has 17 heavy (non-hydrogen) atoms. The van der Waals surface area contributed by atoms with E-state index in [0.717, 1.165) is 13.0 Å². The van der Waals surface area contributed by atoms with Crippen LogP contribution in [0.3, 0.4) is 0 Å². The number of pyridine rings is 1. The van der Waals surface area contributed by atoms with Gasteiger partial charge in [0.05, 0.1) is 0 Å². The molecule has 0 aliphatic carbocycles. The fraction of sp³-hybridized carbons (Fsp3) is 0.615. The van der Waals surface area contributed by atoms with Crippen molar-refractivity contribution in [3.05, 3.63) is 30.1 Å². The van der Waals surface area contributed by atoms with Crippen LogP contribution in [0, 0.1) is 0 Å². The maximum atomic E-state index is 6.38. The third-order valence-corrected chi connectivity index (χ3v) is 4.04. The van der Waals surface area contributed by atoms with E-state index in [1.165, 1.54) is 31.7 Å². The van der Waals surface area contributed by atoms with Gasteiger partial charge >= 0.3 is 0 Å². The molecule has 2 unspecified atom stereocenters. The maximum absolute atomic E-state index is 6.38. The van der Waals surface area contributed by atoms with Crippen molar-refractivity contribution in [2.75, 3.05) is 32.7 Å². The molecule has 2 N–H and O–H groups in total. The summed E-state index contributed by atoms with van der Waals surface area (Å²) in [6.07, 6.45) is 4.65. The summed E-state index contributed by atoms with van der Waals surface area (Å²) in [5.41, 5.74) is 7.67. The Morgan fingerprint density at radius 2 is 1.94 bits per heavy atom. The van der Waals surface area contributed by atoms with Crippen LogP contribution in [0.25, 0.3) is 0 Å². The highest BCUT2D eigenvalue weighted by Crippen LogP contribution is 2.19. The van der Waals surface area contributed by atoms with Gasteiger partial charge in [-0.2, -0.15) is 0 Å². The van der Waals surface area contributed by atoms with Crippen LogP contribution >= 0.6 is 0 Å². The van der Waals surface area contributed by atoms with E-state index in [9.17, 15) is 0 Å². The molecule has 2 bridgehead atoms. The van der Waals surface area contributed by atoms with E-state index in [2.05, 4.69) is 26.9 Å². The average molecular weight is 232 g/mol. The van der Waals surface area contributed by atoms with Crippen molar-refractivity contribution in [1.29, 1.82) is 0 Å². The summed E-state index contributed by atoms with van der Waals surface area (Å²) in [6, 6.07) is 4.90. The second-order valence-electron chi connectivity index (χ2n) is 5.13. The van der Waals surface area contributed by atoms with Gasteiger partial charge in [-0.3, -0.25) is 14.8 Å². The van der Waals surface area contributed by atoms with Gasteiger partial charge in [-0.1, -0.05) is 0 Å². The number of nitrogens with zero attached hydrogens (tertiary/aromatic N) is 3. The van der Waals surface area contributed by atoms with E-state index in [-0.39, 0.29) is 6.04 Å². The first-order valence-corrected chi connectivity index (χ1v) is 6.44. The van der Waals surface area contributed by atoms with E-state index in [0.29, 0.717) is 6.04 Å². The molecule has 0 radical (unpaired) electrons. The molecule has 1 aromatic rings. The number of fused-ring (bicyclic) bond motifs is 3. The molecule has 3 saturated heterocycles. The first kappa shape index (κ1) is 11.1. The van der Waals surface area contributed by atoms with Crippen LogP contribution in [0.1, 0.15) is 5.56 Å². The summed E-state index contributed by atoms with van der Waals surface area (Å²) < 4.78 is 0. The van der Waals surface area contributed by atoms with E-state index < -0.39 is 0 Å². The Hall–Kier alpha value is -0.970. The normalized spacial score (nSPS) is 33.6. The van der Waals surface area contributed by atoms with Crippen LogP contribution in [0.4, 0.5) is 0 Å². The fourth-order valence-electron chi connectivity index (χ4n) is 2.99. The molecule has 4 heteroatoms. The third-order valence-electron chi connectivity index (χ3n) is 4.04. The number of piperazine rings is 3. The van der Waals surface area contributed by atoms with Crippen molar-refractivity contribution < 1.29 is 0 Å². The Kier molecular flexibility index (Phi) is 3.09. The topological polar surface area (TPSA) is 45.4 Å². The van der Waals surface area contributed by atoms with Crippen molar-refractivity contribution in [1.82, 2.24) is 14.8 Å².